The molecule has 1 amide bonds. The third kappa shape index (κ3) is 5.86. The first-order chi connectivity index (χ1) is 15.8. The Hall–Kier alpha value is -3.92. The molecule has 0 atom stereocenters. The van der Waals surface area contributed by atoms with E-state index < -0.39 is 22.5 Å². The lowest BCUT2D eigenvalue weighted by Crippen LogP contribution is -2.39. The number of benzene rings is 2. The standard InChI is InChI=1S/C23H24N4O5S/c1-17-4-6-19(7-5-17)27(16-23(28)26-25-15-18-10-12-24-13-11-18)33(29,30)20-8-9-21(31-2)22(14-20)32-3/h4-15H,16H2,1-3H3,(H,26,28)/b25-15-. The van der Waals surface area contributed by atoms with Gasteiger partial charge in [0.25, 0.3) is 15.9 Å². The summed E-state index contributed by atoms with van der Waals surface area (Å²) in [5.41, 5.74) is 4.39. The maximum absolute atomic E-state index is 13.5. The van der Waals surface area contributed by atoms with Crippen LogP contribution in [-0.2, 0) is 14.8 Å². The van der Waals surface area contributed by atoms with Crippen molar-refractivity contribution in [2.24, 2.45) is 5.10 Å². The second-order valence-electron chi connectivity index (χ2n) is 6.94. The smallest absolute Gasteiger partial charge is 0.264 e. The van der Waals surface area contributed by atoms with Gasteiger partial charge in [0.1, 0.15) is 6.54 Å². The van der Waals surface area contributed by atoms with E-state index in [1.807, 2.05) is 6.92 Å². The van der Waals surface area contributed by atoms with Gasteiger partial charge in [-0.25, -0.2) is 13.8 Å². The van der Waals surface area contributed by atoms with Crippen molar-refractivity contribution in [1.29, 1.82) is 0 Å². The number of sulfonamides is 1. The fourth-order valence-corrected chi connectivity index (χ4v) is 4.36. The molecule has 0 radical (unpaired) electrons. The summed E-state index contributed by atoms with van der Waals surface area (Å²) in [5, 5.41) is 3.90. The lowest BCUT2D eigenvalue weighted by atomic mass is 10.2. The van der Waals surface area contributed by atoms with Crippen LogP contribution >= 0.6 is 0 Å². The highest BCUT2D eigenvalue weighted by atomic mass is 32.2. The van der Waals surface area contributed by atoms with E-state index in [0.29, 0.717) is 11.4 Å². The summed E-state index contributed by atoms with van der Waals surface area (Å²) in [6, 6.07) is 14.5. The Morgan fingerprint density at radius 3 is 2.33 bits per heavy atom. The van der Waals surface area contributed by atoms with E-state index in [0.717, 1.165) is 15.4 Å². The molecule has 3 rings (SSSR count). The highest BCUT2D eigenvalue weighted by Gasteiger charge is 2.28. The van der Waals surface area contributed by atoms with Gasteiger partial charge >= 0.3 is 0 Å². The van der Waals surface area contributed by atoms with E-state index in [9.17, 15) is 13.2 Å². The Morgan fingerprint density at radius 2 is 1.70 bits per heavy atom. The zero-order chi connectivity index (χ0) is 23.8. The molecular formula is C23H24N4O5S. The van der Waals surface area contributed by atoms with Gasteiger partial charge in [-0.2, -0.15) is 5.10 Å². The first-order valence-corrected chi connectivity index (χ1v) is 11.3. The molecule has 0 aliphatic carbocycles. The molecule has 9 nitrogen and oxygen atoms in total. The quantitative estimate of drug-likeness (QED) is 0.382. The van der Waals surface area contributed by atoms with Crippen molar-refractivity contribution in [1.82, 2.24) is 10.4 Å². The van der Waals surface area contributed by atoms with Gasteiger partial charge in [-0.15, -0.1) is 0 Å². The molecule has 0 unspecified atom stereocenters. The van der Waals surface area contributed by atoms with Crippen molar-refractivity contribution in [2.75, 3.05) is 25.1 Å². The van der Waals surface area contributed by atoms with E-state index >= 15 is 0 Å². The molecule has 0 bridgehead atoms. The maximum Gasteiger partial charge on any atom is 0.264 e. The number of methoxy groups -OCH3 is 2. The Bertz CT molecular complexity index is 1230. The van der Waals surface area contributed by atoms with Gasteiger partial charge in [0.15, 0.2) is 11.5 Å². The fourth-order valence-electron chi connectivity index (χ4n) is 2.92. The summed E-state index contributed by atoms with van der Waals surface area (Å²) in [6.07, 6.45) is 4.63. The number of pyridine rings is 1. The van der Waals surface area contributed by atoms with Gasteiger partial charge in [-0.05, 0) is 48.9 Å². The van der Waals surface area contributed by atoms with Crippen LogP contribution in [0.4, 0.5) is 5.69 Å². The van der Waals surface area contributed by atoms with Crippen LogP contribution in [0.2, 0.25) is 0 Å². The van der Waals surface area contributed by atoms with Crippen LogP contribution in [0, 0.1) is 6.92 Å². The first-order valence-electron chi connectivity index (χ1n) is 9.88. The number of nitrogens with one attached hydrogen (secondary N) is 1. The minimum absolute atomic E-state index is 0.0474. The average Bonchev–Trinajstić information content (AvgIpc) is 2.83. The predicted octanol–water partition coefficient (Wildman–Crippen LogP) is 2.75. The molecule has 1 aromatic heterocycles. The van der Waals surface area contributed by atoms with Crippen LogP contribution < -0.4 is 19.2 Å². The van der Waals surface area contributed by atoms with Crippen molar-refractivity contribution in [2.45, 2.75) is 11.8 Å². The highest BCUT2D eigenvalue weighted by molar-refractivity contribution is 7.92. The van der Waals surface area contributed by atoms with Gasteiger partial charge in [0.2, 0.25) is 0 Å². The summed E-state index contributed by atoms with van der Waals surface area (Å²) < 4.78 is 38.5. The number of hydrazone groups is 1. The second-order valence-corrected chi connectivity index (χ2v) is 8.80. The number of anilines is 1. The van der Waals surface area contributed by atoms with Crippen molar-refractivity contribution in [3.8, 4) is 11.5 Å². The summed E-state index contributed by atoms with van der Waals surface area (Å²) in [5.74, 6) is 0.0419. The summed E-state index contributed by atoms with van der Waals surface area (Å²) in [7, 11) is -1.24. The van der Waals surface area contributed by atoms with Crippen LogP contribution in [0.5, 0.6) is 11.5 Å². The van der Waals surface area contributed by atoms with E-state index in [2.05, 4.69) is 15.5 Å². The number of hydrogen-bond acceptors (Lipinski definition) is 7. The van der Waals surface area contributed by atoms with Crippen LogP contribution in [0.1, 0.15) is 11.1 Å². The SMILES string of the molecule is COc1ccc(S(=O)(=O)N(CC(=O)N/N=C\c2ccncc2)c2ccc(C)cc2)cc1OC. The van der Waals surface area contributed by atoms with E-state index in [1.165, 1.54) is 38.6 Å². The molecular weight excluding hydrogens is 444 g/mol. The van der Waals surface area contributed by atoms with Crippen LogP contribution in [-0.4, -0.2) is 46.3 Å². The number of nitrogens with zero attached hydrogens (tertiary/aromatic N) is 3. The minimum atomic E-state index is -4.12. The van der Waals surface area contributed by atoms with Crippen molar-refractivity contribution in [3.63, 3.8) is 0 Å². The number of aryl methyl sites for hydroxylation is 1. The van der Waals surface area contributed by atoms with Crippen molar-refractivity contribution < 1.29 is 22.7 Å². The molecule has 10 heteroatoms. The summed E-state index contributed by atoms with van der Waals surface area (Å²) in [6.45, 7) is 1.41. The highest BCUT2D eigenvalue weighted by Crippen LogP contribution is 2.32. The van der Waals surface area contributed by atoms with Gasteiger partial charge in [0, 0.05) is 18.5 Å². The number of ether oxygens (including phenoxy) is 2. The zero-order valence-electron chi connectivity index (χ0n) is 18.4. The number of amides is 1. The maximum atomic E-state index is 13.5. The number of carbonyl (C=O) groups is 1. The zero-order valence-corrected chi connectivity index (χ0v) is 19.2. The van der Waals surface area contributed by atoms with Gasteiger partial charge in [0.05, 0.1) is 31.0 Å². The molecule has 1 heterocycles. The lowest BCUT2D eigenvalue weighted by Gasteiger charge is -2.24. The molecule has 2 aromatic carbocycles. The Morgan fingerprint density at radius 1 is 1.03 bits per heavy atom. The van der Waals surface area contributed by atoms with Crippen molar-refractivity contribution >= 4 is 27.8 Å². The molecule has 172 valence electrons. The minimum Gasteiger partial charge on any atom is -0.493 e. The monoisotopic (exact) mass is 468 g/mol. The Kier molecular flexibility index (Phi) is 7.62. The molecule has 0 aliphatic heterocycles. The van der Waals surface area contributed by atoms with E-state index in [-0.39, 0.29) is 10.6 Å². The number of aromatic nitrogens is 1. The van der Waals surface area contributed by atoms with E-state index in [1.54, 1.807) is 48.8 Å². The van der Waals surface area contributed by atoms with Crippen LogP contribution in [0.15, 0.2) is 77.0 Å². The lowest BCUT2D eigenvalue weighted by molar-refractivity contribution is -0.119. The number of hydrogen-bond donors (Lipinski definition) is 1. The van der Waals surface area contributed by atoms with Gasteiger partial charge < -0.3 is 9.47 Å². The van der Waals surface area contributed by atoms with E-state index in [4.69, 9.17) is 9.47 Å². The number of carbonyl (C=O) groups excluding carboxylic acids is 1. The second kappa shape index (κ2) is 10.6. The average molecular weight is 469 g/mol. The van der Waals surface area contributed by atoms with Crippen LogP contribution in [0.25, 0.3) is 0 Å². The van der Waals surface area contributed by atoms with Crippen LogP contribution in [0.3, 0.4) is 0 Å². The molecule has 1 N–H and O–H groups in total. The van der Waals surface area contributed by atoms with Gasteiger partial charge in [-0.3, -0.25) is 14.1 Å². The van der Waals surface area contributed by atoms with Gasteiger partial charge in [-0.1, -0.05) is 17.7 Å². The predicted molar refractivity (Wildman–Crippen MR) is 125 cm³/mol. The third-order valence-electron chi connectivity index (χ3n) is 4.66. The molecule has 0 aliphatic rings. The topological polar surface area (TPSA) is 110 Å². The fraction of sp³-hybridized carbons (Fsp3) is 0.174. The molecule has 33 heavy (non-hydrogen) atoms. The summed E-state index contributed by atoms with van der Waals surface area (Å²) in [4.78, 5) is 16.5. The Balaban J connectivity index is 1.90. The molecule has 0 saturated heterocycles. The third-order valence-corrected chi connectivity index (χ3v) is 6.43. The largest absolute Gasteiger partial charge is 0.493 e. The van der Waals surface area contributed by atoms with Crippen molar-refractivity contribution in [3.05, 3.63) is 78.1 Å². The Labute approximate surface area is 192 Å². The number of rotatable bonds is 9. The first kappa shape index (κ1) is 23.7. The summed E-state index contributed by atoms with van der Waals surface area (Å²) >= 11 is 0. The molecule has 3 aromatic rings. The molecule has 0 spiro atoms. The molecule has 0 saturated carbocycles. The molecule has 0 fully saturated rings. The normalized spacial score (nSPS) is 11.2.